The lowest BCUT2D eigenvalue weighted by Crippen LogP contribution is -2.40. The number of nitrogens with zero attached hydrogens (tertiary/aromatic N) is 1. The number of amides is 2. The number of hydrogen-bond acceptors (Lipinski definition) is 4. The van der Waals surface area contributed by atoms with E-state index in [0.717, 1.165) is 4.88 Å². The normalized spacial score (nSPS) is 20.3. The van der Waals surface area contributed by atoms with Gasteiger partial charge in [0.2, 0.25) is 11.8 Å². The minimum Gasteiger partial charge on any atom is -0.355 e. The number of aromatic nitrogens is 1. The van der Waals surface area contributed by atoms with Crippen molar-refractivity contribution in [3.63, 3.8) is 0 Å². The van der Waals surface area contributed by atoms with Crippen LogP contribution in [0.2, 0.25) is 0 Å². The molecule has 6 heteroatoms. The van der Waals surface area contributed by atoms with E-state index in [0.29, 0.717) is 24.5 Å². The Kier molecular flexibility index (Phi) is 3.19. The summed E-state index contributed by atoms with van der Waals surface area (Å²) in [5, 5.41) is 6.08. The predicted molar refractivity (Wildman–Crippen MR) is 61.2 cm³/mol. The zero-order valence-corrected chi connectivity index (χ0v) is 9.76. The molecule has 5 nitrogen and oxygen atoms in total. The second-order valence-corrected chi connectivity index (χ2v) is 5.04. The van der Waals surface area contributed by atoms with Crippen LogP contribution in [0.3, 0.4) is 0 Å². The van der Waals surface area contributed by atoms with E-state index in [4.69, 9.17) is 0 Å². The number of nitrogens with one attached hydrogen (secondary N) is 2. The van der Waals surface area contributed by atoms with Crippen molar-refractivity contribution < 1.29 is 9.59 Å². The van der Waals surface area contributed by atoms with Crippen LogP contribution in [0.15, 0.2) is 6.20 Å². The molecule has 0 bridgehead atoms. The maximum absolute atomic E-state index is 11.8. The second kappa shape index (κ2) is 4.61. The first-order chi connectivity index (χ1) is 7.65. The largest absolute Gasteiger partial charge is 0.355 e. The van der Waals surface area contributed by atoms with Crippen LogP contribution >= 0.6 is 11.3 Å². The number of carbonyl (C=O) groups excluding carboxylic acids is 2. The molecular weight excluding hydrogens is 226 g/mol. The van der Waals surface area contributed by atoms with E-state index < -0.39 is 0 Å². The van der Waals surface area contributed by atoms with Gasteiger partial charge in [-0.25, -0.2) is 4.98 Å². The molecule has 0 radical (unpaired) electrons. The molecule has 1 aromatic heterocycles. The molecule has 0 aliphatic carbocycles. The van der Waals surface area contributed by atoms with Gasteiger partial charge < -0.3 is 10.6 Å². The van der Waals surface area contributed by atoms with Crippen molar-refractivity contribution in [1.82, 2.24) is 10.3 Å². The van der Waals surface area contributed by atoms with E-state index in [1.807, 2.05) is 6.92 Å². The minimum atomic E-state index is -0.137. The van der Waals surface area contributed by atoms with Gasteiger partial charge >= 0.3 is 0 Å². The third-order valence-electron chi connectivity index (χ3n) is 2.49. The molecule has 1 aliphatic rings. The lowest BCUT2D eigenvalue weighted by atomic mass is 9.98. The van der Waals surface area contributed by atoms with Crippen LogP contribution < -0.4 is 10.6 Å². The number of hydrogen-bond donors (Lipinski definition) is 2. The number of piperidine rings is 1. The van der Waals surface area contributed by atoms with Crippen molar-refractivity contribution >= 4 is 28.3 Å². The van der Waals surface area contributed by atoms with Gasteiger partial charge in [-0.3, -0.25) is 9.59 Å². The Labute approximate surface area is 97.3 Å². The van der Waals surface area contributed by atoms with Crippen LogP contribution in [-0.4, -0.2) is 23.3 Å². The summed E-state index contributed by atoms with van der Waals surface area (Å²) in [5.41, 5.74) is 0. The molecule has 1 atom stereocenters. The first kappa shape index (κ1) is 11.1. The van der Waals surface area contributed by atoms with Crippen molar-refractivity contribution in [2.24, 2.45) is 5.92 Å². The first-order valence-electron chi connectivity index (χ1n) is 5.15. The van der Waals surface area contributed by atoms with E-state index in [9.17, 15) is 9.59 Å². The molecule has 2 N–H and O–H groups in total. The van der Waals surface area contributed by atoms with Crippen molar-refractivity contribution in [3.8, 4) is 0 Å². The highest BCUT2D eigenvalue weighted by molar-refractivity contribution is 7.15. The molecule has 0 unspecified atom stereocenters. The van der Waals surface area contributed by atoms with Gasteiger partial charge in [-0.15, -0.1) is 11.3 Å². The molecule has 2 rings (SSSR count). The highest BCUT2D eigenvalue weighted by Crippen LogP contribution is 2.19. The SMILES string of the molecule is Cc1cnc(NC(=O)[C@H]2CCC(=O)NC2)s1. The van der Waals surface area contributed by atoms with Gasteiger partial charge in [-0.2, -0.15) is 0 Å². The molecule has 1 aliphatic heterocycles. The van der Waals surface area contributed by atoms with Crippen LogP contribution in [-0.2, 0) is 9.59 Å². The number of anilines is 1. The highest BCUT2D eigenvalue weighted by atomic mass is 32.1. The summed E-state index contributed by atoms with van der Waals surface area (Å²) in [5.74, 6) is -0.176. The van der Waals surface area contributed by atoms with Crippen molar-refractivity contribution in [3.05, 3.63) is 11.1 Å². The molecule has 86 valence electrons. The summed E-state index contributed by atoms with van der Waals surface area (Å²) in [6.07, 6.45) is 2.76. The molecule has 16 heavy (non-hydrogen) atoms. The Balaban J connectivity index is 1.91. The zero-order valence-electron chi connectivity index (χ0n) is 8.95. The summed E-state index contributed by atoms with van der Waals surface area (Å²) in [7, 11) is 0. The molecule has 0 spiro atoms. The highest BCUT2D eigenvalue weighted by Gasteiger charge is 2.24. The number of thiazole rings is 1. The molecule has 1 fully saturated rings. The molecular formula is C10H13N3O2S. The van der Waals surface area contributed by atoms with E-state index in [2.05, 4.69) is 15.6 Å². The Morgan fingerprint density at radius 2 is 2.50 bits per heavy atom. The third kappa shape index (κ3) is 2.57. The first-order valence-corrected chi connectivity index (χ1v) is 5.97. The van der Waals surface area contributed by atoms with Gasteiger partial charge in [-0.05, 0) is 13.3 Å². The van der Waals surface area contributed by atoms with Gasteiger partial charge in [0.15, 0.2) is 5.13 Å². The van der Waals surface area contributed by atoms with Crippen LogP contribution in [0, 0.1) is 12.8 Å². The van der Waals surface area contributed by atoms with Crippen LogP contribution in [0.25, 0.3) is 0 Å². The van der Waals surface area contributed by atoms with Gasteiger partial charge in [-0.1, -0.05) is 0 Å². The standard InChI is InChI=1S/C10H13N3O2S/c1-6-4-12-10(16-6)13-9(15)7-2-3-8(14)11-5-7/h4,7H,2-3,5H2,1H3,(H,11,14)(H,12,13,15)/t7-/m0/s1. The fourth-order valence-electron chi connectivity index (χ4n) is 1.58. The van der Waals surface area contributed by atoms with Gasteiger partial charge in [0.25, 0.3) is 0 Å². The summed E-state index contributed by atoms with van der Waals surface area (Å²) < 4.78 is 0. The topological polar surface area (TPSA) is 71.1 Å². The van der Waals surface area contributed by atoms with E-state index >= 15 is 0 Å². The lowest BCUT2D eigenvalue weighted by molar-refractivity contribution is -0.126. The average molecular weight is 239 g/mol. The maximum Gasteiger partial charge on any atom is 0.231 e. The summed E-state index contributed by atoms with van der Waals surface area (Å²) in [6.45, 7) is 2.36. The minimum absolute atomic E-state index is 0.0224. The fraction of sp³-hybridized carbons (Fsp3) is 0.500. The Morgan fingerprint density at radius 1 is 1.69 bits per heavy atom. The van der Waals surface area contributed by atoms with E-state index in [1.54, 1.807) is 6.20 Å². The Morgan fingerprint density at radius 3 is 3.06 bits per heavy atom. The Bertz CT molecular complexity index is 406. The molecule has 2 amide bonds. The zero-order chi connectivity index (χ0) is 11.5. The van der Waals surface area contributed by atoms with Crippen molar-refractivity contribution in [2.45, 2.75) is 19.8 Å². The van der Waals surface area contributed by atoms with Crippen molar-refractivity contribution in [2.75, 3.05) is 11.9 Å². The van der Waals surface area contributed by atoms with E-state index in [-0.39, 0.29) is 17.7 Å². The number of aryl methyl sites for hydroxylation is 1. The molecule has 0 saturated carbocycles. The summed E-state index contributed by atoms with van der Waals surface area (Å²) >= 11 is 1.45. The fourth-order valence-corrected chi connectivity index (χ4v) is 2.24. The molecule has 2 heterocycles. The number of carbonyl (C=O) groups is 2. The molecule has 1 saturated heterocycles. The van der Waals surface area contributed by atoms with Crippen molar-refractivity contribution in [1.29, 1.82) is 0 Å². The van der Waals surface area contributed by atoms with Crippen LogP contribution in [0.5, 0.6) is 0 Å². The molecule has 0 aromatic carbocycles. The second-order valence-electron chi connectivity index (χ2n) is 3.80. The third-order valence-corrected chi connectivity index (χ3v) is 3.32. The summed E-state index contributed by atoms with van der Waals surface area (Å²) in [4.78, 5) is 27.9. The van der Waals surface area contributed by atoms with Gasteiger partial charge in [0.05, 0.1) is 5.92 Å². The van der Waals surface area contributed by atoms with Gasteiger partial charge in [0.1, 0.15) is 0 Å². The Hall–Kier alpha value is -1.43. The quantitative estimate of drug-likeness (QED) is 0.806. The predicted octanol–water partition coefficient (Wildman–Crippen LogP) is 0.916. The molecule has 1 aromatic rings. The monoisotopic (exact) mass is 239 g/mol. The lowest BCUT2D eigenvalue weighted by Gasteiger charge is -2.20. The van der Waals surface area contributed by atoms with Crippen LogP contribution in [0.4, 0.5) is 5.13 Å². The average Bonchev–Trinajstić information content (AvgIpc) is 2.65. The number of rotatable bonds is 2. The maximum atomic E-state index is 11.8. The van der Waals surface area contributed by atoms with E-state index in [1.165, 1.54) is 11.3 Å². The smallest absolute Gasteiger partial charge is 0.231 e. The van der Waals surface area contributed by atoms with Gasteiger partial charge in [0, 0.05) is 24.0 Å². The summed E-state index contributed by atoms with van der Waals surface area (Å²) in [6, 6.07) is 0. The van der Waals surface area contributed by atoms with Crippen LogP contribution in [0.1, 0.15) is 17.7 Å².